The van der Waals surface area contributed by atoms with E-state index in [0.717, 1.165) is 15.6 Å². The van der Waals surface area contributed by atoms with E-state index >= 15 is 0 Å². The quantitative estimate of drug-likeness (QED) is 0.688. The van der Waals surface area contributed by atoms with E-state index in [-0.39, 0.29) is 0 Å². The summed E-state index contributed by atoms with van der Waals surface area (Å²) in [6.07, 6.45) is 0. The van der Waals surface area contributed by atoms with Crippen LogP contribution in [-0.2, 0) is 5.88 Å². The molecule has 0 N–H and O–H groups in total. The van der Waals surface area contributed by atoms with Gasteiger partial charge in [0.1, 0.15) is 10.9 Å². The predicted molar refractivity (Wildman–Crippen MR) is 61.1 cm³/mol. The molecule has 0 bridgehead atoms. The summed E-state index contributed by atoms with van der Waals surface area (Å²) in [5, 5.41) is 10.6. The number of benzene rings is 1. The van der Waals surface area contributed by atoms with Crippen LogP contribution in [0.5, 0.6) is 0 Å². The minimum absolute atomic E-state index is 0.350. The van der Waals surface area contributed by atoms with Crippen LogP contribution in [0.1, 0.15) is 10.4 Å². The second-order valence-corrected chi connectivity index (χ2v) is 4.47. The Bertz CT molecular complexity index is 525. The van der Waals surface area contributed by atoms with Crippen molar-refractivity contribution >= 4 is 44.6 Å². The fourth-order valence-corrected chi connectivity index (χ4v) is 3.03. The first kappa shape index (κ1) is 9.79. The Morgan fingerprint density at radius 2 is 2.21 bits per heavy atom. The molecule has 1 heterocycles. The number of nitriles is 1. The lowest BCUT2D eigenvalue weighted by Crippen LogP contribution is -1.77. The predicted octanol–water partition coefficient (Wildman–Crippen LogP) is 4.17. The average molecular weight is 242 g/mol. The Morgan fingerprint density at radius 3 is 2.86 bits per heavy atom. The van der Waals surface area contributed by atoms with Gasteiger partial charge in [-0.05, 0) is 11.5 Å². The van der Waals surface area contributed by atoms with Crippen molar-refractivity contribution in [2.75, 3.05) is 0 Å². The molecule has 4 heteroatoms. The van der Waals surface area contributed by atoms with Crippen molar-refractivity contribution in [2.24, 2.45) is 0 Å². The summed E-state index contributed by atoms with van der Waals surface area (Å²) in [6, 6.07) is 7.77. The number of alkyl halides is 1. The summed E-state index contributed by atoms with van der Waals surface area (Å²) in [4.78, 5) is 0.656. The molecule has 0 saturated heterocycles. The van der Waals surface area contributed by atoms with Crippen molar-refractivity contribution < 1.29 is 0 Å². The van der Waals surface area contributed by atoms with Gasteiger partial charge in [0.05, 0.1) is 15.6 Å². The van der Waals surface area contributed by atoms with Crippen molar-refractivity contribution in [3.63, 3.8) is 0 Å². The number of rotatable bonds is 1. The van der Waals surface area contributed by atoms with Gasteiger partial charge in [-0.1, -0.05) is 23.7 Å². The molecule has 0 aliphatic heterocycles. The van der Waals surface area contributed by atoms with E-state index in [1.165, 1.54) is 11.3 Å². The topological polar surface area (TPSA) is 23.8 Å². The lowest BCUT2D eigenvalue weighted by molar-refractivity contribution is 1.44. The molecule has 0 amide bonds. The average Bonchev–Trinajstić information content (AvgIpc) is 2.57. The molecule has 1 aromatic heterocycles. The van der Waals surface area contributed by atoms with Crippen molar-refractivity contribution in [3.8, 4) is 6.07 Å². The number of halogens is 2. The molecule has 0 aliphatic carbocycles. The highest BCUT2D eigenvalue weighted by atomic mass is 35.5. The van der Waals surface area contributed by atoms with Crippen LogP contribution in [0.25, 0.3) is 10.1 Å². The third-order valence-electron chi connectivity index (χ3n) is 2.01. The fourth-order valence-electron chi connectivity index (χ4n) is 1.36. The summed E-state index contributed by atoms with van der Waals surface area (Å²) in [5.74, 6) is 0.350. The molecule has 2 aromatic rings. The van der Waals surface area contributed by atoms with Gasteiger partial charge in [0.25, 0.3) is 0 Å². The summed E-state index contributed by atoms with van der Waals surface area (Å²) in [5.41, 5.74) is 0.886. The third kappa shape index (κ3) is 1.38. The maximum Gasteiger partial charge on any atom is 0.110 e. The highest BCUT2D eigenvalue weighted by Gasteiger charge is 2.12. The molecule has 0 spiro atoms. The van der Waals surface area contributed by atoms with Gasteiger partial charge in [0.15, 0.2) is 0 Å². The largest absolute Gasteiger partial charge is 0.192 e. The molecular formula is C10H5Cl2NS. The van der Waals surface area contributed by atoms with Gasteiger partial charge in [-0.15, -0.1) is 22.9 Å². The summed E-state index contributed by atoms with van der Waals surface area (Å²) in [6.45, 7) is 0. The van der Waals surface area contributed by atoms with E-state index in [4.69, 9.17) is 28.5 Å². The monoisotopic (exact) mass is 241 g/mol. The molecule has 0 aliphatic rings. The Kier molecular flexibility index (Phi) is 2.64. The number of fused-ring (bicyclic) bond motifs is 1. The summed E-state index contributed by atoms with van der Waals surface area (Å²) < 4.78 is 0.946. The second-order valence-electron chi connectivity index (χ2n) is 2.77. The van der Waals surface area contributed by atoms with Crippen molar-refractivity contribution in [1.29, 1.82) is 5.26 Å². The van der Waals surface area contributed by atoms with Crippen LogP contribution < -0.4 is 0 Å². The maximum atomic E-state index is 8.90. The van der Waals surface area contributed by atoms with Gasteiger partial charge in [-0.2, -0.15) is 5.26 Å². The van der Waals surface area contributed by atoms with E-state index < -0.39 is 0 Å². The van der Waals surface area contributed by atoms with Gasteiger partial charge in [-0.3, -0.25) is 0 Å². The first-order valence-electron chi connectivity index (χ1n) is 3.94. The van der Waals surface area contributed by atoms with Crippen LogP contribution in [0, 0.1) is 11.3 Å². The molecule has 70 valence electrons. The number of nitrogens with zero attached hydrogens (tertiary/aromatic N) is 1. The molecule has 0 saturated carbocycles. The molecule has 0 radical (unpaired) electrons. The summed E-state index contributed by atoms with van der Waals surface area (Å²) >= 11 is 13.2. The first-order valence-corrected chi connectivity index (χ1v) is 5.66. The van der Waals surface area contributed by atoms with Crippen LogP contribution in [0.4, 0.5) is 0 Å². The minimum Gasteiger partial charge on any atom is -0.192 e. The zero-order valence-electron chi connectivity index (χ0n) is 7.05. The SMILES string of the molecule is N#Cc1sc2c(Cl)cccc2c1CCl. The van der Waals surface area contributed by atoms with E-state index in [1.54, 1.807) is 0 Å². The van der Waals surface area contributed by atoms with Gasteiger partial charge in [0.2, 0.25) is 0 Å². The minimum atomic E-state index is 0.350. The number of thiophene rings is 1. The van der Waals surface area contributed by atoms with E-state index in [1.807, 2.05) is 18.2 Å². The Labute approximate surface area is 95.5 Å². The highest BCUT2D eigenvalue weighted by molar-refractivity contribution is 7.20. The van der Waals surface area contributed by atoms with Crippen LogP contribution in [-0.4, -0.2) is 0 Å². The molecule has 1 aromatic carbocycles. The molecule has 0 atom stereocenters. The molecule has 14 heavy (non-hydrogen) atoms. The highest BCUT2D eigenvalue weighted by Crippen LogP contribution is 2.36. The second kappa shape index (κ2) is 3.78. The van der Waals surface area contributed by atoms with Crippen LogP contribution in [0.2, 0.25) is 5.02 Å². The summed E-state index contributed by atoms with van der Waals surface area (Å²) in [7, 11) is 0. The number of hydrogen-bond acceptors (Lipinski definition) is 2. The molecule has 2 rings (SSSR count). The Hall–Kier alpha value is -0.750. The van der Waals surface area contributed by atoms with Gasteiger partial charge in [-0.25, -0.2) is 0 Å². The molecular weight excluding hydrogens is 237 g/mol. The van der Waals surface area contributed by atoms with Gasteiger partial charge >= 0.3 is 0 Å². The van der Waals surface area contributed by atoms with Crippen LogP contribution in [0.15, 0.2) is 18.2 Å². The Balaban J connectivity index is 2.88. The Morgan fingerprint density at radius 1 is 1.43 bits per heavy atom. The van der Waals surface area contributed by atoms with Crippen LogP contribution >= 0.6 is 34.5 Å². The zero-order chi connectivity index (χ0) is 10.1. The zero-order valence-corrected chi connectivity index (χ0v) is 9.38. The van der Waals surface area contributed by atoms with Crippen molar-refractivity contribution in [2.45, 2.75) is 5.88 Å². The standard InChI is InChI=1S/C10H5Cl2NS/c11-4-7-6-2-1-3-8(12)10(6)14-9(7)5-13/h1-3H,4H2. The first-order chi connectivity index (χ1) is 6.77. The fraction of sp³-hybridized carbons (Fsp3) is 0.100. The van der Waals surface area contributed by atoms with Crippen molar-refractivity contribution in [1.82, 2.24) is 0 Å². The van der Waals surface area contributed by atoms with Crippen LogP contribution in [0.3, 0.4) is 0 Å². The smallest absolute Gasteiger partial charge is 0.110 e. The van der Waals surface area contributed by atoms with E-state index in [0.29, 0.717) is 15.8 Å². The van der Waals surface area contributed by atoms with E-state index in [9.17, 15) is 0 Å². The van der Waals surface area contributed by atoms with Gasteiger partial charge in [0, 0.05) is 5.56 Å². The van der Waals surface area contributed by atoms with E-state index in [2.05, 4.69) is 6.07 Å². The van der Waals surface area contributed by atoms with Gasteiger partial charge < -0.3 is 0 Å². The lowest BCUT2D eigenvalue weighted by atomic mass is 10.1. The molecule has 0 unspecified atom stereocenters. The molecule has 1 nitrogen and oxygen atoms in total. The normalized spacial score (nSPS) is 10.4. The lowest BCUT2D eigenvalue weighted by Gasteiger charge is -1.94. The number of hydrogen-bond donors (Lipinski definition) is 0. The van der Waals surface area contributed by atoms with Crippen molar-refractivity contribution in [3.05, 3.63) is 33.7 Å². The molecule has 0 fully saturated rings. The third-order valence-corrected chi connectivity index (χ3v) is 3.89. The maximum absolute atomic E-state index is 8.90.